The zero-order chi connectivity index (χ0) is 14.5. The van der Waals surface area contributed by atoms with E-state index in [9.17, 15) is 9.90 Å². The minimum Gasteiger partial charge on any atom is -0.396 e. The standard InChI is InChI=1S/C12H18N4O4/c1-12(2)19-8-6(4-17)3-7(9(8)20-12)16-5-14-10(13)15-11(16)18/h5-9,17H,3-4H2,1-2H3,(H2,13,15,18)/t6-,7-,8-,9+/m1/s1. The van der Waals surface area contributed by atoms with E-state index in [1.54, 1.807) is 0 Å². The van der Waals surface area contributed by atoms with Gasteiger partial charge in [0.1, 0.15) is 12.4 Å². The Kier molecular flexibility index (Phi) is 3.03. The first kappa shape index (κ1) is 13.5. The molecule has 3 rings (SSSR count). The van der Waals surface area contributed by atoms with Crippen molar-refractivity contribution in [2.24, 2.45) is 5.92 Å². The number of aliphatic hydroxyl groups excluding tert-OH is 1. The number of rotatable bonds is 2. The molecule has 2 aliphatic rings. The summed E-state index contributed by atoms with van der Waals surface area (Å²) < 4.78 is 13.1. The lowest BCUT2D eigenvalue weighted by Crippen LogP contribution is -2.35. The van der Waals surface area contributed by atoms with Gasteiger partial charge in [0.15, 0.2) is 5.79 Å². The number of nitrogen functional groups attached to an aromatic ring is 1. The Labute approximate surface area is 115 Å². The molecule has 2 heterocycles. The van der Waals surface area contributed by atoms with Gasteiger partial charge in [0, 0.05) is 12.5 Å². The van der Waals surface area contributed by atoms with Crippen molar-refractivity contribution in [1.82, 2.24) is 14.5 Å². The van der Waals surface area contributed by atoms with Crippen LogP contribution in [0.2, 0.25) is 0 Å². The normalized spacial score (nSPS) is 35.1. The zero-order valence-electron chi connectivity index (χ0n) is 11.4. The SMILES string of the molecule is CC1(C)O[C@@H]2[C@@H](CO)C[C@@H](n3cnc(N)nc3=O)[C@@H]2O1. The van der Waals surface area contributed by atoms with E-state index < -0.39 is 11.5 Å². The quantitative estimate of drug-likeness (QED) is 0.737. The molecule has 1 aromatic rings. The van der Waals surface area contributed by atoms with Crippen molar-refractivity contribution in [3.63, 3.8) is 0 Å². The number of fused-ring (bicyclic) bond motifs is 1. The molecule has 1 aliphatic carbocycles. The summed E-state index contributed by atoms with van der Waals surface area (Å²) in [5.41, 5.74) is 4.93. The first-order chi connectivity index (χ1) is 9.41. The number of nitrogens with zero attached hydrogens (tertiary/aromatic N) is 3. The molecule has 1 saturated carbocycles. The van der Waals surface area contributed by atoms with Crippen LogP contribution in [0.5, 0.6) is 0 Å². The predicted molar refractivity (Wildman–Crippen MR) is 68.8 cm³/mol. The van der Waals surface area contributed by atoms with E-state index in [-0.39, 0.29) is 36.7 Å². The van der Waals surface area contributed by atoms with Crippen molar-refractivity contribution in [3.05, 3.63) is 16.8 Å². The smallest absolute Gasteiger partial charge is 0.352 e. The van der Waals surface area contributed by atoms with Gasteiger partial charge in [-0.3, -0.25) is 4.57 Å². The minimum atomic E-state index is -0.723. The Morgan fingerprint density at radius 1 is 1.50 bits per heavy atom. The fourth-order valence-electron chi connectivity index (χ4n) is 3.09. The molecular weight excluding hydrogens is 264 g/mol. The summed E-state index contributed by atoms with van der Waals surface area (Å²) in [6, 6.07) is -0.257. The third-order valence-electron chi connectivity index (χ3n) is 3.89. The maximum absolute atomic E-state index is 11.9. The van der Waals surface area contributed by atoms with E-state index in [0.717, 1.165) is 0 Å². The van der Waals surface area contributed by atoms with Crippen LogP contribution in [0.1, 0.15) is 26.3 Å². The van der Waals surface area contributed by atoms with Gasteiger partial charge in [-0.15, -0.1) is 0 Å². The number of anilines is 1. The van der Waals surface area contributed by atoms with Crippen molar-refractivity contribution in [1.29, 1.82) is 0 Å². The lowest BCUT2D eigenvalue weighted by Gasteiger charge is -2.23. The molecule has 110 valence electrons. The highest BCUT2D eigenvalue weighted by molar-refractivity contribution is 5.11. The summed E-state index contributed by atoms with van der Waals surface area (Å²) >= 11 is 0. The molecule has 0 unspecified atom stereocenters. The van der Waals surface area contributed by atoms with Crippen molar-refractivity contribution < 1.29 is 14.6 Å². The van der Waals surface area contributed by atoms with Crippen molar-refractivity contribution in [2.75, 3.05) is 12.3 Å². The molecular formula is C12H18N4O4. The molecule has 0 aromatic carbocycles. The van der Waals surface area contributed by atoms with Crippen LogP contribution in [0.25, 0.3) is 0 Å². The molecule has 1 aliphatic heterocycles. The summed E-state index contributed by atoms with van der Waals surface area (Å²) in [7, 11) is 0. The van der Waals surface area contributed by atoms with Crippen LogP contribution in [-0.2, 0) is 9.47 Å². The molecule has 8 heteroatoms. The van der Waals surface area contributed by atoms with E-state index >= 15 is 0 Å². The van der Waals surface area contributed by atoms with Crippen molar-refractivity contribution >= 4 is 5.95 Å². The predicted octanol–water partition coefficient (Wildman–Crippen LogP) is -0.706. The molecule has 0 spiro atoms. The first-order valence-corrected chi connectivity index (χ1v) is 6.58. The van der Waals surface area contributed by atoms with Crippen LogP contribution in [0.4, 0.5) is 5.95 Å². The largest absolute Gasteiger partial charge is 0.396 e. The number of aromatic nitrogens is 3. The van der Waals surface area contributed by atoms with Crippen LogP contribution in [0, 0.1) is 5.92 Å². The molecule has 1 aromatic heterocycles. The van der Waals surface area contributed by atoms with Gasteiger partial charge in [0.25, 0.3) is 0 Å². The number of nitrogens with two attached hydrogens (primary N) is 1. The number of aliphatic hydroxyl groups is 1. The summed E-state index contributed by atoms with van der Waals surface area (Å²) in [6.07, 6.45) is 1.42. The minimum absolute atomic E-state index is 0.0122. The van der Waals surface area contributed by atoms with E-state index in [2.05, 4.69) is 9.97 Å². The molecule has 1 saturated heterocycles. The fraction of sp³-hybridized carbons (Fsp3) is 0.750. The first-order valence-electron chi connectivity index (χ1n) is 6.58. The van der Waals surface area contributed by atoms with Crippen molar-refractivity contribution in [3.8, 4) is 0 Å². The summed E-state index contributed by atoms with van der Waals surface area (Å²) in [6.45, 7) is 3.62. The monoisotopic (exact) mass is 282 g/mol. The second-order valence-electron chi connectivity index (χ2n) is 5.71. The molecule has 0 amide bonds. The fourth-order valence-corrected chi connectivity index (χ4v) is 3.09. The summed E-state index contributed by atoms with van der Waals surface area (Å²) in [5, 5.41) is 9.49. The Morgan fingerprint density at radius 3 is 2.85 bits per heavy atom. The summed E-state index contributed by atoms with van der Waals surface area (Å²) in [4.78, 5) is 19.4. The van der Waals surface area contributed by atoms with E-state index in [4.69, 9.17) is 15.2 Å². The maximum atomic E-state index is 11.9. The van der Waals surface area contributed by atoms with E-state index in [0.29, 0.717) is 6.42 Å². The molecule has 3 N–H and O–H groups in total. The molecule has 4 atom stereocenters. The van der Waals surface area contributed by atoms with Gasteiger partial charge < -0.3 is 20.3 Å². The highest BCUT2D eigenvalue weighted by Crippen LogP contribution is 2.46. The molecule has 8 nitrogen and oxygen atoms in total. The van der Waals surface area contributed by atoms with Crippen LogP contribution in [0.15, 0.2) is 11.1 Å². The Morgan fingerprint density at radius 2 is 2.20 bits per heavy atom. The van der Waals surface area contributed by atoms with Crippen LogP contribution in [0.3, 0.4) is 0 Å². The van der Waals surface area contributed by atoms with Crippen LogP contribution < -0.4 is 11.4 Å². The highest BCUT2D eigenvalue weighted by Gasteiger charge is 2.54. The van der Waals surface area contributed by atoms with E-state index in [1.165, 1.54) is 10.9 Å². The van der Waals surface area contributed by atoms with Crippen LogP contribution in [-0.4, -0.2) is 44.2 Å². The second-order valence-corrected chi connectivity index (χ2v) is 5.71. The number of hydrogen-bond acceptors (Lipinski definition) is 7. The lowest BCUT2D eigenvalue weighted by molar-refractivity contribution is -0.161. The van der Waals surface area contributed by atoms with Gasteiger partial charge in [0.2, 0.25) is 5.95 Å². The number of ether oxygens (including phenoxy) is 2. The molecule has 0 radical (unpaired) electrons. The average molecular weight is 282 g/mol. The summed E-state index contributed by atoms with van der Waals surface area (Å²) in [5.74, 6) is -0.848. The Hall–Kier alpha value is -1.51. The van der Waals surface area contributed by atoms with E-state index in [1.807, 2.05) is 13.8 Å². The van der Waals surface area contributed by atoms with Gasteiger partial charge in [-0.1, -0.05) is 0 Å². The Balaban J connectivity index is 1.96. The average Bonchev–Trinajstić information content (AvgIpc) is 2.83. The second kappa shape index (κ2) is 4.51. The molecule has 20 heavy (non-hydrogen) atoms. The van der Waals surface area contributed by atoms with Gasteiger partial charge in [0.05, 0.1) is 12.1 Å². The number of hydrogen-bond donors (Lipinski definition) is 2. The zero-order valence-corrected chi connectivity index (χ0v) is 11.4. The lowest BCUT2D eigenvalue weighted by atomic mass is 10.1. The van der Waals surface area contributed by atoms with Gasteiger partial charge in [-0.05, 0) is 20.3 Å². The molecule has 0 bridgehead atoms. The highest BCUT2D eigenvalue weighted by atomic mass is 16.8. The van der Waals surface area contributed by atoms with Gasteiger partial charge in [-0.25, -0.2) is 9.78 Å². The maximum Gasteiger partial charge on any atom is 0.352 e. The third-order valence-corrected chi connectivity index (χ3v) is 3.89. The molecule has 2 fully saturated rings. The van der Waals surface area contributed by atoms with Gasteiger partial charge in [-0.2, -0.15) is 4.98 Å². The van der Waals surface area contributed by atoms with Gasteiger partial charge >= 0.3 is 5.69 Å². The van der Waals surface area contributed by atoms with Crippen LogP contribution >= 0.6 is 0 Å². The third kappa shape index (κ3) is 2.09. The topological polar surface area (TPSA) is 112 Å². The Bertz CT molecular complexity index is 573. The van der Waals surface area contributed by atoms with Crippen molar-refractivity contribution in [2.45, 2.75) is 44.3 Å².